The Morgan fingerprint density at radius 1 is 1.13 bits per heavy atom. The predicted octanol–water partition coefficient (Wildman–Crippen LogP) is 2.19. The summed E-state index contributed by atoms with van der Waals surface area (Å²) in [6.07, 6.45) is 1.83. The number of rotatable bonds is 3. The normalized spacial score (nSPS) is 10.1. The van der Waals surface area contributed by atoms with Crippen molar-refractivity contribution in [1.29, 1.82) is 0 Å². The first kappa shape index (κ1) is 13.7. The highest BCUT2D eigenvalue weighted by Gasteiger charge is 2.20. The van der Waals surface area contributed by atoms with Crippen molar-refractivity contribution in [1.82, 2.24) is 0 Å². The van der Waals surface area contributed by atoms with Gasteiger partial charge >= 0.3 is 7.25 Å². The Labute approximate surface area is 85.9 Å². The second-order valence-corrected chi connectivity index (χ2v) is 2.66. The Morgan fingerprint density at radius 2 is 1.60 bits per heavy atom. The van der Waals surface area contributed by atoms with Crippen LogP contribution in [0.1, 0.15) is 5.56 Å². The lowest BCUT2D eigenvalue weighted by Gasteiger charge is -1.94. The number of hydrogen-bond acceptors (Lipinski definition) is 0. The van der Waals surface area contributed by atoms with Crippen LogP contribution in [-0.2, 0) is 6.54 Å². The van der Waals surface area contributed by atoms with Crippen LogP contribution in [0, 0.1) is 0 Å². The van der Waals surface area contributed by atoms with Crippen LogP contribution in [0.5, 0.6) is 0 Å². The highest BCUT2D eigenvalue weighted by Crippen LogP contribution is 2.06. The number of hydrogen-bond donors (Lipinski definition) is 1. The maximum absolute atomic E-state index is 9.75. The van der Waals surface area contributed by atoms with E-state index in [9.17, 15) is 17.3 Å². The van der Waals surface area contributed by atoms with E-state index in [-0.39, 0.29) is 0 Å². The van der Waals surface area contributed by atoms with Gasteiger partial charge in [-0.25, -0.2) is 0 Å². The van der Waals surface area contributed by atoms with Crippen molar-refractivity contribution in [3.63, 3.8) is 0 Å². The van der Waals surface area contributed by atoms with Gasteiger partial charge in [0.2, 0.25) is 0 Å². The summed E-state index contributed by atoms with van der Waals surface area (Å²) in [5, 5.41) is 2.05. The van der Waals surface area contributed by atoms with Crippen LogP contribution in [0.4, 0.5) is 17.3 Å². The van der Waals surface area contributed by atoms with Gasteiger partial charge in [0.05, 0.1) is 6.20 Å². The Balaban J connectivity index is 0.000000336. The van der Waals surface area contributed by atoms with E-state index in [1.807, 2.05) is 24.4 Å². The molecule has 0 heterocycles. The molecule has 0 aliphatic rings. The van der Waals surface area contributed by atoms with Crippen LogP contribution >= 0.6 is 0 Å². The van der Waals surface area contributed by atoms with Gasteiger partial charge in [-0.3, -0.25) is 0 Å². The molecule has 0 radical (unpaired) electrons. The van der Waals surface area contributed by atoms with E-state index >= 15 is 0 Å². The second-order valence-electron chi connectivity index (χ2n) is 2.66. The number of nitrogens with two attached hydrogens (primary N) is 1. The van der Waals surface area contributed by atoms with E-state index in [0.717, 1.165) is 6.54 Å². The molecule has 0 saturated heterocycles. The molecule has 1 nitrogen and oxygen atoms in total. The average Bonchev–Trinajstić information content (AvgIpc) is 2.14. The zero-order valence-electron chi connectivity index (χ0n) is 8.04. The van der Waals surface area contributed by atoms with Gasteiger partial charge in [-0.15, -0.1) is 0 Å². The molecule has 0 aliphatic heterocycles. The standard InChI is InChI=1S/C9H11N.BF4/c1-2-10-8-9-6-4-3-5-7-9;2-1(3,4)5/h2-7,10H,1,8H2;/q;-1/p+1. The minimum absolute atomic E-state index is 0.990. The number of halogens is 4. The lowest BCUT2D eigenvalue weighted by atomic mass is 10.2. The molecule has 0 fully saturated rings. The fourth-order valence-electron chi connectivity index (χ4n) is 0.834. The van der Waals surface area contributed by atoms with E-state index in [2.05, 4.69) is 24.0 Å². The van der Waals surface area contributed by atoms with Crippen molar-refractivity contribution in [3.8, 4) is 0 Å². The Bertz CT molecular complexity index is 267. The van der Waals surface area contributed by atoms with Gasteiger partial charge in [0, 0.05) is 5.56 Å². The zero-order valence-corrected chi connectivity index (χ0v) is 8.04. The van der Waals surface area contributed by atoms with Gasteiger partial charge in [0.25, 0.3) is 0 Å². The summed E-state index contributed by atoms with van der Waals surface area (Å²) in [4.78, 5) is 0. The van der Waals surface area contributed by atoms with Gasteiger partial charge in [0.1, 0.15) is 6.54 Å². The van der Waals surface area contributed by atoms with Gasteiger partial charge in [-0.2, -0.15) is 0 Å². The van der Waals surface area contributed by atoms with Crippen molar-refractivity contribution in [2.75, 3.05) is 0 Å². The summed E-state index contributed by atoms with van der Waals surface area (Å²) in [5.41, 5.74) is 1.34. The molecule has 15 heavy (non-hydrogen) atoms. The first-order valence-electron chi connectivity index (χ1n) is 4.29. The molecular formula is C9H12BF4N. The molecule has 0 saturated carbocycles. The third kappa shape index (κ3) is 12.7. The van der Waals surface area contributed by atoms with Gasteiger partial charge in [-0.05, 0) is 6.58 Å². The van der Waals surface area contributed by atoms with Crippen molar-refractivity contribution in [3.05, 3.63) is 48.7 Å². The minimum atomic E-state index is -6.00. The summed E-state index contributed by atoms with van der Waals surface area (Å²) < 4.78 is 39.0. The quantitative estimate of drug-likeness (QED) is 0.595. The first-order valence-corrected chi connectivity index (χ1v) is 4.29. The van der Waals surface area contributed by atoms with E-state index < -0.39 is 7.25 Å². The molecule has 2 N–H and O–H groups in total. The maximum atomic E-state index is 9.75. The maximum Gasteiger partial charge on any atom is 0.673 e. The number of benzene rings is 1. The molecule has 1 aromatic rings. The molecule has 0 bridgehead atoms. The smallest absolute Gasteiger partial charge is 0.418 e. The lowest BCUT2D eigenvalue weighted by Crippen LogP contribution is -2.75. The zero-order chi connectivity index (χ0) is 11.7. The molecule has 1 aromatic carbocycles. The molecule has 6 heteroatoms. The van der Waals surface area contributed by atoms with E-state index in [1.165, 1.54) is 5.56 Å². The summed E-state index contributed by atoms with van der Waals surface area (Å²) in [7, 11) is -6.00. The highest BCUT2D eigenvalue weighted by molar-refractivity contribution is 6.50. The topological polar surface area (TPSA) is 16.6 Å². The molecule has 84 valence electrons. The van der Waals surface area contributed by atoms with E-state index in [4.69, 9.17) is 0 Å². The molecule has 0 aromatic heterocycles. The summed E-state index contributed by atoms with van der Waals surface area (Å²) in [6, 6.07) is 10.3. The minimum Gasteiger partial charge on any atom is -0.418 e. The SMILES string of the molecule is C=C[NH2+]Cc1ccccc1.F[B-](F)(F)F. The molecule has 0 atom stereocenters. The molecule has 0 spiro atoms. The third-order valence-corrected chi connectivity index (χ3v) is 1.36. The summed E-state index contributed by atoms with van der Waals surface area (Å²) >= 11 is 0. The monoisotopic (exact) mass is 221 g/mol. The third-order valence-electron chi connectivity index (χ3n) is 1.36. The van der Waals surface area contributed by atoms with Crippen LogP contribution in [0.2, 0.25) is 0 Å². The van der Waals surface area contributed by atoms with Gasteiger partial charge < -0.3 is 22.6 Å². The Morgan fingerprint density at radius 3 is 2.00 bits per heavy atom. The fraction of sp³-hybridized carbons (Fsp3) is 0.111. The van der Waals surface area contributed by atoms with Crippen LogP contribution in [-0.4, -0.2) is 7.25 Å². The van der Waals surface area contributed by atoms with Crippen molar-refractivity contribution in [2.45, 2.75) is 6.54 Å². The van der Waals surface area contributed by atoms with Crippen molar-refractivity contribution < 1.29 is 22.6 Å². The lowest BCUT2D eigenvalue weighted by molar-refractivity contribution is -0.604. The molecule has 0 unspecified atom stereocenters. The molecule has 1 rings (SSSR count). The van der Waals surface area contributed by atoms with Crippen molar-refractivity contribution in [2.24, 2.45) is 0 Å². The first-order chi connectivity index (χ1) is 6.93. The molecular weight excluding hydrogens is 209 g/mol. The largest absolute Gasteiger partial charge is 0.673 e. The van der Waals surface area contributed by atoms with Crippen LogP contribution in [0.3, 0.4) is 0 Å². The summed E-state index contributed by atoms with van der Waals surface area (Å²) in [6.45, 7) is 4.61. The molecule has 0 aliphatic carbocycles. The van der Waals surface area contributed by atoms with Crippen LogP contribution in [0.25, 0.3) is 0 Å². The fourth-order valence-corrected chi connectivity index (χ4v) is 0.834. The second kappa shape index (κ2) is 7.06. The number of quaternary nitrogens is 1. The molecule has 0 amide bonds. The van der Waals surface area contributed by atoms with Crippen molar-refractivity contribution >= 4 is 7.25 Å². The van der Waals surface area contributed by atoms with Crippen LogP contribution < -0.4 is 5.32 Å². The van der Waals surface area contributed by atoms with Gasteiger partial charge in [-0.1, -0.05) is 30.3 Å². The van der Waals surface area contributed by atoms with Gasteiger partial charge in [0.15, 0.2) is 0 Å². The van der Waals surface area contributed by atoms with Crippen LogP contribution in [0.15, 0.2) is 43.1 Å². The Kier molecular flexibility index (Phi) is 6.45. The predicted molar refractivity (Wildman–Crippen MR) is 52.5 cm³/mol. The van der Waals surface area contributed by atoms with E-state index in [0.29, 0.717) is 0 Å². The average molecular weight is 221 g/mol. The Hall–Kier alpha value is -1.30. The van der Waals surface area contributed by atoms with E-state index in [1.54, 1.807) is 0 Å². The highest BCUT2D eigenvalue weighted by atomic mass is 19.5. The summed E-state index contributed by atoms with van der Waals surface area (Å²) in [5.74, 6) is 0.